The third kappa shape index (κ3) is 6.65. The molecule has 4 heterocycles. The van der Waals surface area contributed by atoms with Crippen molar-refractivity contribution < 1.29 is 52.5 Å². The maximum absolute atomic E-state index is 13.0. The Bertz CT molecular complexity index is 1240. The average Bonchev–Trinajstić information content (AvgIpc) is 3.48. The van der Waals surface area contributed by atoms with Gasteiger partial charge in [-0.25, -0.2) is 4.79 Å². The van der Waals surface area contributed by atoms with Gasteiger partial charge in [0.2, 0.25) is 0 Å². The predicted octanol–water partition coefficient (Wildman–Crippen LogP) is 3.32. The molecular formula is C32H40O11. The molecule has 4 aliphatic heterocycles. The number of carbonyl (C=O) groups is 1. The largest absolute Gasteiger partial charge is 0.453 e. The quantitative estimate of drug-likeness (QED) is 0.450. The predicted molar refractivity (Wildman–Crippen MR) is 149 cm³/mol. The number of aliphatic hydroxyl groups excluding tert-OH is 1. The summed E-state index contributed by atoms with van der Waals surface area (Å²) >= 11 is 0. The second-order valence-electron chi connectivity index (χ2n) is 12.2. The van der Waals surface area contributed by atoms with Crippen LogP contribution in [0.3, 0.4) is 0 Å². The molecule has 4 fully saturated rings. The molecule has 0 spiro atoms. The van der Waals surface area contributed by atoms with Crippen LogP contribution in [0.5, 0.6) is 0 Å². The van der Waals surface area contributed by atoms with E-state index in [0.29, 0.717) is 5.56 Å². The van der Waals surface area contributed by atoms with E-state index in [1.165, 1.54) is 0 Å². The van der Waals surface area contributed by atoms with E-state index in [4.69, 9.17) is 42.6 Å². The zero-order valence-corrected chi connectivity index (χ0v) is 25.0. The molecule has 43 heavy (non-hydrogen) atoms. The monoisotopic (exact) mass is 600 g/mol. The van der Waals surface area contributed by atoms with Gasteiger partial charge in [0.15, 0.2) is 30.3 Å². The fraction of sp³-hybridized carbons (Fsp3) is 0.594. The van der Waals surface area contributed by atoms with Gasteiger partial charge in [0.25, 0.3) is 0 Å². The molecule has 0 aromatic heterocycles. The van der Waals surface area contributed by atoms with Gasteiger partial charge in [0.1, 0.15) is 36.6 Å². The van der Waals surface area contributed by atoms with Gasteiger partial charge in [-0.1, -0.05) is 48.5 Å². The zero-order chi connectivity index (χ0) is 30.4. The van der Waals surface area contributed by atoms with Crippen molar-refractivity contribution in [2.45, 2.75) is 114 Å². The molecule has 2 aromatic rings. The molecule has 0 amide bonds. The molecule has 6 rings (SSSR count). The van der Waals surface area contributed by atoms with E-state index in [1.807, 2.05) is 64.1 Å². The number of hydrogen-bond acceptors (Lipinski definition) is 11. The summed E-state index contributed by atoms with van der Waals surface area (Å²) in [6, 6.07) is 18.2. The maximum Gasteiger partial charge on any atom is 0.338 e. The Labute approximate surface area is 251 Å². The van der Waals surface area contributed by atoms with E-state index in [1.54, 1.807) is 31.2 Å². The zero-order valence-electron chi connectivity index (χ0n) is 25.0. The lowest BCUT2D eigenvalue weighted by Gasteiger charge is -2.43. The van der Waals surface area contributed by atoms with Crippen molar-refractivity contribution in [3.63, 3.8) is 0 Å². The fourth-order valence-corrected chi connectivity index (χ4v) is 6.03. The van der Waals surface area contributed by atoms with Crippen LogP contribution in [0, 0.1) is 0 Å². The number of hydrogen-bond donors (Lipinski definition) is 1. The van der Waals surface area contributed by atoms with Crippen molar-refractivity contribution in [2.24, 2.45) is 0 Å². The van der Waals surface area contributed by atoms with Crippen LogP contribution >= 0.6 is 0 Å². The molecule has 2 aromatic carbocycles. The van der Waals surface area contributed by atoms with Crippen LogP contribution in [0.4, 0.5) is 0 Å². The highest BCUT2D eigenvalue weighted by Crippen LogP contribution is 2.44. The molecule has 11 heteroatoms. The maximum atomic E-state index is 13.0. The summed E-state index contributed by atoms with van der Waals surface area (Å²) < 4.78 is 55.0. The summed E-state index contributed by atoms with van der Waals surface area (Å²) in [6.45, 7) is 9.25. The first-order valence-corrected chi connectivity index (χ1v) is 14.7. The smallest absolute Gasteiger partial charge is 0.338 e. The molecule has 0 aliphatic carbocycles. The van der Waals surface area contributed by atoms with Gasteiger partial charge in [-0.3, -0.25) is 0 Å². The van der Waals surface area contributed by atoms with Crippen LogP contribution in [-0.4, -0.2) is 90.7 Å². The third-order valence-electron chi connectivity index (χ3n) is 7.96. The van der Waals surface area contributed by atoms with Gasteiger partial charge in [-0.05, 0) is 52.3 Å². The lowest BCUT2D eigenvalue weighted by Crippen LogP contribution is -2.61. The normalized spacial score (nSPS) is 37.8. The summed E-state index contributed by atoms with van der Waals surface area (Å²) in [5.41, 5.74) is 1.29. The first-order valence-electron chi connectivity index (χ1n) is 14.7. The lowest BCUT2D eigenvalue weighted by atomic mass is 9.98. The molecule has 4 saturated heterocycles. The van der Waals surface area contributed by atoms with Crippen molar-refractivity contribution in [2.75, 3.05) is 6.61 Å². The first-order chi connectivity index (χ1) is 20.5. The Balaban J connectivity index is 1.17. The molecule has 11 nitrogen and oxygen atoms in total. The van der Waals surface area contributed by atoms with Crippen molar-refractivity contribution >= 4 is 5.97 Å². The SMILES string of the molecule is C[C@@H]1O[C@H](OC[C@H]2O[C@@H]3OC(C)(C)O[C@@H]3[C@H]3OC(C)(C)O[C@H]32)[C@H](O)[C@H](OCc2ccccc2)[C@H]1OC(=O)c1ccccc1. The van der Waals surface area contributed by atoms with Gasteiger partial charge in [-0.15, -0.1) is 0 Å². The van der Waals surface area contributed by atoms with Gasteiger partial charge in [-0.2, -0.15) is 0 Å². The van der Waals surface area contributed by atoms with Crippen LogP contribution in [0.1, 0.15) is 50.5 Å². The van der Waals surface area contributed by atoms with Gasteiger partial charge in [0, 0.05) is 0 Å². The second kappa shape index (κ2) is 12.2. The Morgan fingerprint density at radius 3 is 2.14 bits per heavy atom. The minimum atomic E-state index is -1.29. The Kier molecular flexibility index (Phi) is 8.64. The number of fused-ring (bicyclic) bond motifs is 3. The van der Waals surface area contributed by atoms with Crippen LogP contribution in [-0.2, 0) is 49.2 Å². The lowest BCUT2D eigenvalue weighted by molar-refractivity contribution is -0.315. The summed E-state index contributed by atoms with van der Waals surface area (Å²) in [5, 5.41) is 11.5. The van der Waals surface area contributed by atoms with E-state index in [0.717, 1.165) is 5.56 Å². The Morgan fingerprint density at radius 1 is 0.791 bits per heavy atom. The van der Waals surface area contributed by atoms with Gasteiger partial charge < -0.3 is 47.7 Å². The van der Waals surface area contributed by atoms with Crippen molar-refractivity contribution in [3.8, 4) is 0 Å². The minimum absolute atomic E-state index is 0.00192. The van der Waals surface area contributed by atoms with E-state index >= 15 is 0 Å². The Morgan fingerprint density at radius 2 is 1.42 bits per heavy atom. The summed E-state index contributed by atoms with van der Waals surface area (Å²) in [7, 11) is 0. The highest BCUT2D eigenvalue weighted by molar-refractivity contribution is 5.89. The molecule has 10 atom stereocenters. The molecule has 4 aliphatic rings. The number of rotatable bonds is 8. The number of aliphatic hydroxyl groups is 1. The summed E-state index contributed by atoms with van der Waals surface area (Å²) in [4.78, 5) is 13.0. The fourth-order valence-electron chi connectivity index (χ4n) is 6.03. The average molecular weight is 601 g/mol. The number of esters is 1. The highest BCUT2D eigenvalue weighted by Gasteiger charge is 2.61. The number of benzene rings is 2. The topological polar surface area (TPSA) is 120 Å². The summed E-state index contributed by atoms with van der Waals surface area (Å²) in [6.07, 6.45) is -7.59. The second-order valence-corrected chi connectivity index (χ2v) is 12.2. The molecule has 0 unspecified atom stereocenters. The van der Waals surface area contributed by atoms with E-state index in [9.17, 15) is 9.90 Å². The minimum Gasteiger partial charge on any atom is -0.453 e. The Hall–Kier alpha value is -2.45. The number of ether oxygens (including phenoxy) is 9. The van der Waals surface area contributed by atoms with E-state index in [2.05, 4.69) is 0 Å². The van der Waals surface area contributed by atoms with E-state index in [-0.39, 0.29) is 13.2 Å². The molecule has 0 radical (unpaired) electrons. The summed E-state index contributed by atoms with van der Waals surface area (Å²) in [5.74, 6) is -2.25. The third-order valence-corrected chi connectivity index (χ3v) is 7.96. The first kappa shape index (κ1) is 30.6. The molecule has 0 bridgehead atoms. The standard InChI is InChI=1S/C32H40O11/c1-18-23(39-28(34)20-14-10-7-11-15-20)25(35-16-19-12-8-6-9-13-19)22(33)29(37-18)36-17-21-24-26(41-31(2,3)40-24)27-30(38-21)43-32(4,5)42-27/h6-15,18,21-27,29-30,33H,16-17H2,1-5H3/t18-,21+,22+,23-,24-,25-,26-,27+,29-,30+/m0/s1. The number of carbonyl (C=O) groups excluding carboxylic acids is 1. The molecular weight excluding hydrogens is 560 g/mol. The van der Waals surface area contributed by atoms with Crippen molar-refractivity contribution in [1.82, 2.24) is 0 Å². The van der Waals surface area contributed by atoms with Crippen LogP contribution in [0.2, 0.25) is 0 Å². The van der Waals surface area contributed by atoms with Crippen LogP contribution in [0.15, 0.2) is 60.7 Å². The molecule has 0 saturated carbocycles. The van der Waals surface area contributed by atoms with Crippen molar-refractivity contribution in [1.29, 1.82) is 0 Å². The van der Waals surface area contributed by atoms with E-state index < -0.39 is 79.0 Å². The molecule has 234 valence electrons. The highest BCUT2D eigenvalue weighted by atomic mass is 16.9. The molecule has 1 N–H and O–H groups in total. The van der Waals surface area contributed by atoms with Crippen molar-refractivity contribution in [3.05, 3.63) is 71.8 Å². The van der Waals surface area contributed by atoms with Gasteiger partial charge >= 0.3 is 5.97 Å². The van der Waals surface area contributed by atoms with Crippen LogP contribution in [0.25, 0.3) is 0 Å². The van der Waals surface area contributed by atoms with Crippen LogP contribution < -0.4 is 0 Å². The van der Waals surface area contributed by atoms with Gasteiger partial charge in [0.05, 0.1) is 24.9 Å².